The van der Waals surface area contributed by atoms with Crippen molar-refractivity contribution in [2.45, 2.75) is 20.3 Å². The molecule has 1 heterocycles. The average molecular weight is 498 g/mol. The standard InChI is InChI=1S/C23H28ClN3O3S.ClH/c1-5-29-17-7-9-18(10-8-17)30-15-21(28)27(14-6-13-26(3)4)23-25-22-16(2)19(24)11-12-20(22)31-23;/h7-12H,5-6,13-15H2,1-4H3;1H. The second-order valence-electron chi connectivity index (χ2n) is 7.41. The van der Waals surface area contributed by atoms with Crippen LogP contribution >= 0.6 is 35.3 Å². The molecule has 1 aromatic heterocycles. The van der Waals surface area contributed by atoms with Crippen molar-refractivity contribution in [3.8, 4) is 11.5 Å². The number of thiazole rings is 1. The maximum atomic E-state index is 13.1. The summed E-state index contributed by atoms with van der Waals surface area (Å²) < 4.78 is 12.2. The minimum Gasteiger partial charge on any atom is -0.494 e. The van der Waals surface area contributed by atoms with Gasteiger partial charge in [-0.2, -0.15) is 0 Å². The number of hydrogen-bond donors (Lipinski definition) is 0. The molecule has 2 aromatic carbocycles. The van der Waals surface area contributed by atoms with Gasteiger partial charge in [0, 0.05) is 11.6 Å². The smallest absolute Gasteiger partial charge is 0.266 e. The Labute approximate surface area is 204 Å². The molecule has 3 aromatic rings. The fraction of sp³-hybridized carbons (Fsp3) is 0.391. The summed E-state index contributed by atoms with van der Waals surface area (Å²) in [5.74, 6) is 1.27. The van der Waals surface area contributed by atoms with Crippen LogP contribution in [0.25, 0.3) is 10.2 Å². The first-order chi connectivity index (χ1) is 14.9. The van der Waals surface area contributed by atoms with Crippen molar-refractivity contribution in [3.05, 3.63) is 47.0 Å². The van der Waals surface area contributed by atoms with Crippen LogP contribution in [0.5, 0.6) is 11.5 Å². The number of carbonyl (C=O) groups excluding carboxylic acids is 1. The van der Waals surface area contributed by atoms with Gasteiger partial charge >= 0.3 is 0 Å². The number of benzene rings is 2. The predicted molar refractivity (Wildman–Crippen MR) is 135 cm³/mol. The number of anilines is 1. The fourth-order valence-electron chi connectivity index (χ4n) is 3.10. The van der Waals surface area contributed by atoms with Gasteiger partial charge in [0.25, 0.3) is 5.91 Å². The molecule has 0 saturated carbocycles. The van der Waals surface area contributed by atoms with Crippen LogP contribution in [0.2, 0.25) is 5.02 Å². The van der Waals surface area contributed by atoms with E-state index in [4.69, 9.17) is 26.1 Å². The molecule has 0 N–H and O–H groups in total. The lowest BCUT2D eigenvalue weighted by Crippen LogP contribution is -2.36. The van der Waals surface area contributed by atoms with E-state index in [1.165, 1.54) is 11.3 Å². The van der Waals surface area contributed by atoms with Crippen molar-refractivity contribution < 1.29 is 14.3 Å². The third-order valence-electron chi connectivity index (χ3n) is 4.75. The Morgan fingerprint density at radius 3 is 2.34 bits per heavy atom. The number of halogens is 2. The molecule has 1 amide bonds. The Morgan fingerprint density at radius 2 is 1.72 bits per heavy atom. The molecule has 0 aliphatic heterocycles. The maximum Gasteiger partial charge on any atom is 0.266 e. The highest BCUT2D eigenvalue weighted by molar-refractivity contribution is 7.22. The summed E-state index contributed by atoms with van der Waals surface area (Å²) in [5.41, 5.74) is 1.76. The van der Waals surface area contributed by atoms with Crippen LogP contribution in [-0.4, -0.2) is 56.2 Å². The first-order valence-electron chi connectivity index (χ1n) is 10.3. The number of hydrogen-bond acceptors (Lipinski definition) is 6. The molecule has 0 spiro atoms. The monoisotopic (exact) mass is 497 g/mol. The zero-order chi connectivity index (χ0) is 22.4. The lowest BCUT2D eigenvalue weighted by molar-refractivity contribution is -0.120. The fourth-order valence-corrected chi connectivity index (χ4v) is 4.32. The van der Waals surface area contributed by atoms with Gasteiger partial charge in [-0.1, -0.05) is 22.9 Å². The second kappa shape index (κ2) is 12.3. The highest BCUT2D eigenvalue weighted by atomic mass is 35.5. The summed E-state index contributed by atoms with van der Waals surface area (Å²) in [6, 6.07) is 11.1. The summed E-state index contributed by atoms with van der Waals surface area (Å²) in [6.45, 7) is 5.86. The molecule has 0 fully saturated rings. The SMILES string of the molecule is CCOc1ccc(OCC(=O)N(CCCN(C)C)c2nc3c(C)c(Cl)ccc3s2)cc1.Cl. The van der Waals surface area contributed by atoms with Gasteiger partial charge in [0.1, 0.15) is 11.5 Å². The van der Waals surface area contributed by atoms with E-state index in [0.717, 1.165) is 34.5 Å². The van der Waals surface area contributed by atoms with Crippen molar-refractivity contribution >= 4 is 56.6 Å². The number of aromatic nitrogens is 1. The molecule has 6 nitrogen and oxygen atoms in total. The summed E-state index contributed by atoms with van der Waals surface area (Å²) in [6.07, 6.45) is 0.831. The third kappa shape index (κ3) is 6.72. The third-order valence-corrected chi connectivity index (χ3v) is 6.21. The number of fused-ring (bicyclic) bond motifs is 1. The van der Waals surface area contributed by atoms with Crippen molar-refractivity contribution in [2.75, 3.05) is 45.3 Å². The maximum absolute atomic E-state index is 13.1. The number of rotatable bonds is 10. The minimum absolute atomic E-state index is 0. The summed E-state index contributed by atoms with van der Waals surface area (Å²) >= 11 is 7.75. The lowest BCUT2D eigenvalue weighted by atomic mass is 10.2. The zero-order valence-electron chi connectivity index (χ0n) is 18.8. The van der Waals surface area contributed by atoms with Crippen LogP contribution in [-0.2, 0) is 4.79 Å². The van der Waals surface area contributed by atoms with E-state index in [1.807, 2.05) is 52.2 Å². The summed E-state index contributed by atoms with van der Waals surface area (Å²) in [5, 5.41) is 1.34. The van der Waals surface area contributed by atoms with Crippen molar-refractivity contribution in [1.29, 1.82) is 0 Å². The van der Waals surface area contributed by atoms with E-state index in [1.54, 1.807) is 17.0 Å². The van der Waals surface area contributed by atoms with E-state index >= 15 is 0 Å². The topological polar surface area (TPSA) is 54.9 Å². The van der Waals surface area contributed by atoms with Gasteiger partial charge in [0.15, 0.2) is 11.7 Å². The van der Waals surface area contributed by atoms with Gasteiger partial charge in [-0.05, 0) is 82.9 Å². The molecule has 0 aliphatic carbocycles. The average Bonchev–Trinajstić information content (AvgIpc) is 3.18. The highest BCUT2D eigenvalue weighted by Gasteiger charge is 2.21. The van der Waals surface area contributed by atoms with Crippen LogP contribution in [0, 0.1) is 6.92 Å². The van der Waals surface area contributed by atoms with Crippen LogP contribution in [0.15, 0.2) is 36.4 Å². The Kier molecular flexibility index (Phi) is 10.0. The molecular formula is C23H29Cl2N3O3S. The van der Waals surface area contributed by atoms with Gasteiger partial charge < -0.3 is 14.4 Å². The lowest BCUT2D eigenvalue weighted by Gasteiger charge is -2.21. The highest BCUT2D eigenvalue weighted by Crippen LogP contribution is 2.33. The quantitative estimate of drug-likeness (QED) is 0.373. The molecule has 0 saturated heterocycles. The molecule has 0 unspecified atom stereocenters. The predicted octanol–water partition coefficient (Wildman–Crippen LogP) is 5.44. The molecule has 0 radical (unpaired) electrons. The van der Waals surface area contributed by atoms with Crippen LogP contribution in [0.3, 0.4) is 0 Å². The molecule has 9 heteroatoms. The van der Waals surface area contributed by atoms with Gasteiger partial charge in [-0.3, -0.25) is 9.69 Å². The van der Waals surface area contributed by atoms with Crippen LogP contribution in [0.4, 0.5) is 5.13 Å². The normalized spacial score (nSPS) is 10.8. The number of ether oxygens (including phenoxy) is 2. The molecule has 0 bridgehead atoms. The molecular weight excluding hydrogens is 469 g/mol. The Morgan fingerprint density at radius 1 is 1.06 bits per heavy atom. The zero-order valence-corrected chi connectivity index (χ0v) is 21.1. The van der Waals surface area contributed by atoms with E-state index < -0.39 is 0 Å². The molecule has 0 aliphatic rings. The summed E-state index contributed by atoms with van der Waals surface area (Å²) in [4.78, 5) is 21.6. The van der Waals surface area contributed by atoms with Gasteiger partial charge in [-0.15, -0.1) is 12.4 Å². The Hall–Kier alpha value is -2.06. The number of amides is 1. The number of aryl methyl sites for hydroxylation is 1. The van der Waals surface area contributed by atoms with E-state index in [0.29, 0.717) is 29.1 Å². The first kappa shape index (κ1) is 26.2. The van der Waals surface area contributed by atoms with Crippen molar-refractivity contribution in [2.24, 2.45) is 0 Å². The van der Waals surface area contributed by atoms with Gasteiger partial charge in [0.05, 0.1) is 16.8 Å². The molecule has 32 heavy (non-hydrogen) atoms. The Balaban J connectivity index is 0.00000363. The molecule has 174 valence electrons. The second-order valence-corrected chi connectivity index (χ2v) is 8.83. The molecule has 3 rings (SSSR count). The number of carbonyl (C=O) groups is 1. The number of nitrogens with zero attached hydrogens (tertiary/aromatic N) is 3. The van der Waals surface area contributed by atoms with Crippen molar-refractivity contribution in [3.63, 3.8) is 0 Å². The Bertz CT molecular complexity index is 1030. The largest absolute Gasteiger partial charge is 0.494 e. The van der Waals surface area contributed by atoms with E-state index in [2.05, 4.69) is 4.90 Å². The van der Waals surface area contributed by atoms with E-state index in [-0.39, 0.29) is 24.9 Å². The summed E-state index contributed by atoms with van der Waals surface area (Å²) in [7, 11) is 4.04. The van der Waals surface area contributed by atoms with Gasteiger partial charge in [0.2, 0.25) is 0 Å². The van der Waals surface area contributed by atoms with Crippen LogP contribution < -0.4 is 14.4 Å². The van der Waals surface area contributed by atoms with E-state index in [9.17, 15) is 4.79 Å². The molecule has 0 atom stereocenters. The first-order valence-corrected chi connectivity index (χ1v) is 11.4. The van der Waals surface area contributed by atoms with Crippen LogP contribution in [0.1, 0.15) is 18.9 Å². The van der Waals surface area contributed by atoms with Crippen molar-refractivity contribution in [1.82, 2.24) is 9.88 Å². The minimum atomic E-state index is -0.129. The van der Waals surface area contributed by atoms with Gasteiger partial charge in [-0.25, -0.2) is 4.98 Å².